The predicted octanol–water partition coefficient (Wildman–Crippen LogP) is 4.64. The van der Waals surface area contributed by atoms with Crippen LogP contribution in [0.4, 0.5) is 0 Å². The minimum absolute atomic E-state index is 0.0434. The van der Waals surface area contributed by atoms with Crippen molar-refractivity contribution in [3.05, 3.63) is 0 Å². The molecule has 0 bridgehead atoms. The Balaban J connectivity index is 2.33. The number of aliphatic hydroxyl groups is 1. The molecule has 0 aliphatic heterocycles. The molecule has 0 radical (unpaired) electrons. The summed E-state index contributed by atoms with van der Waals surface area (Å²) < 4.78 is 0. The molecule has 1 N–H and O–H groups in total. The third-order valence-corrected chi connectivity index (χ3v) is 4.46. The summed E-state index contributed by atoms with van der Waals surface area (Å²) in [5.41, 5.74) is 0. The van der Waals surface area contributed by atoms with E-state index in [0.717, 1.165) is 18.3 Å². The van der Waals surface area contributed by atoms with E-state index >= 15 is 0 Å². The van der Waals surface area contributed by atoms with E-state index in [1.165, 1.54) is 38.5 Å². The van der Waals surface area contributed by atoms with Crippen LogP contribution in [0.3, 0.4) is 0 Å². The summed E-state index contributed by atoms with van der Waals surface area (Å²) in [7, 11) is 0. The molecule has 1 fully saturated rings. The predicted molar refractivity (Wildman–Crippen MR) is 75.0 cm³/mol. The lowest BCUT2D eigenvalue weighted by Gasteiger charge is -2.33. The molecule has 0 spiro atoms. The largest absolute Gasteiger partial charge is 0.393 e. The average molecular weight is 240 g/mol. The van der Waals surface area contributed by atoms with Crippen LogP contribution in [0.5, 0.6) is 0 Å². The molecule has 4 unspecified atom stereocenters. The van der Waals surface area contributed by atoms with Crippen LogP contribution in [0.25, 0.3) is 0 Å². The summed E-state index contributed by atoms with van der Waals surface area (Å²) in [6, 6.07) is 0. The zero-order chi connectivity index (χ0) is 12.8. The van der Waals surface area contributed by atoms with Crippen molar-refractivity contribution in [3.8, 4) is 0 Å². The van der Waals surface area contributed by atoms with Gasteiger partial charge < -0.3 is 5.11 Å². The van der Waals surface area contributed by atoms with Gasteiger partial charge in [0.1, 0.15) is 0 Å². The van der Waals surface area contributed by atoms with Gasteiger partial charge in [0.05, 0.1) is 6.10 Å². The Morgan fingerprint density at radius 1 is 1.12 bits per heavy atom. The molecule has 0 amide bonds. The van der Waals surface area contributed by atoms with Crippen LogP contribution < -0.4 is 0 Å². The summed E-state index contributed by atoms with van der Waals surface area (Å²) in [6.07, 6.45) is 8.77. The third-order valence-electron chi connectivity index (χ3n) is 4.46. The molecule has 1 rings (SSSR count). The van der Waals surface area contributed by atoms with Gasteiger partial charge in [0.2, 0.25) is 0 Å². The minimum Gasteiger partial charge on any atom is -0.393 e. The standard InChI is InChI=1S/C16H32O/c1-5-14-7-6-8-15(11-14)16(17)10-13(4)9-12(2)3/h12-17H,5-11H2,1-4H3. The van der Waals surface area contributed by atoms with E-state index in [0.29, 0.717) is 11.8 Å². The highest BCUT2D eigenvalue weighted by atomic mass is 16.3. The van der Waals surface area contributed by atoms with E-state index in [4.69, 9.17) is 0 Å². The lowest BCUT2D eigenvalue weighted by molar-refractivity contribution is 0.0480. The smallest absolute Gasteiger partial charge is 0.0571 e. The highest BCUT2D eigenvalue weighted by Crippen LogP contribution is 2.35. The Hall–Kier alpha value is -0.0400. The Kier molecular flexibility index (Phi) is 6.54. The summed E-state index contributed by atoms with van der Waals surface area (Å²) in [4.78, 5) is 0. The van der Waals surface area contributed by atoms with Gasteiger partial charge in [-0.1, -0.05) is 47.0 Å². The Morgan fingerprint density at radius 3 is 2.41 bits per heavy atom. The van der Waals surface area contributed by atoms with Crippen LogP contribution in [0.2, 0.25) is 0 Å². The molecule has 1 aliphatic rings. The zero-order valence-corrected chi connectivity index (χ0v) is 12.3. The van der Waals surface area contributed by atoms with Gasteiger partial charge in [0.25, 0.3) is 0 Å². The Labute approximate surface area is 108 Å². The number of hydrogen-bond donors (Lipinski definition) is 1. The van der Waals surface area contributed by atoms with Crippen molar-refractivity contribution < 1.29 is 5.11 Å². The molecule has 17 heavy (non-hydrogen) atoms. The maximum atomic E-state index is 10.4. The van der Waals surface area contributed by atoms with Crippen molar-refractivity contribution >= 4 is 0 Å². The highest BCUT2D eigenvalue weighted by Gasteiger charge is 2.27. The molecule has 1 heteroatoms. The van der Waals surface area contributed by atoms with Crippen molar-refractivity contribution in [2.24, 2.45) is 23.7 Å². The fourth-order valence-electron chi connectivity index (χ4n) is 3.56. The van der Waals surface area contributed by atoms with Gasteiger partial charge in [-0.3, -0.25) is 0 Å². The van der Waals surface area contributed by atoms with Crippen LogP contribution in [-0.4, -0.2) is 11.2 Å². The monoisotopic (exact) mass is 240 g/mol. The van der Waals surface area contributed by atoms with Gasteiger partial charge in [0, 0.05) is 0 Å². The first kappa shape index (κ1) is 15.0. The summed E-state index contributed by atoms with van der Waals surface area (Å²) in [5, 5.41) is 10.4. The topological polar surface area (TPSA) is 20.2 Å². The normalized spacial score (nSPS) is 29.3. The SMILES string of the molecule is CCC1CCCC(C(O)CC(C)CC(C)C)C1. The van der Waals surface area contributed by atoms with E-state index in [1.807, 2.05) is 0 Å². The summed E-state index contributed by atoms with van der Waals surface area (Å²) in [6.45, 7) is 9.14. The maximum Gasteiger partial charge on any atom is 0.0571 e. The lowest BCUT2D eigenvalue weighted by atomic mass is 9.75. The van der Waals surface area contributed by atoms with Gasteiger partial charge in [-0.25, -0.2) is 0 Å². The van der Waals surface area contributed by atoms with Crippen LogP contribution in [0, 0.1) is 23.7 Å². The molecule has 1 aliphatic carbocycles. The molecule has 0 heterocycles. The van der Waals surface area contributed by atoms with E-state index in [2.05, 4.69) is 27.7 Å². The van der Waals surface area contributed by atoms with Crippen molar-refractivity contribution in [1.29, 1.82) is 0 Å². The molecule has 1 saturated carbocycles. The molecule has 0 aromatic rings. The molecule has 4 atom stereocenters. The van der Waals surface area contributed by atoms with E-state index < -0.39 is 0 Å². The second kappa shape index (κ2) is 7.41. The van der Waals surface area contributed by atoms with Gasteiger partial charge in [-0.05, 0) is 49.4 Å². The van der Waals surface area contributed by atoms with Crippen LogP contribution >= 0.6 is 0 Å². The van der Waals surface area contributed by atoms with Crippen molar-refractivity contribution in [2.45, 2.75) is 78.7 Å². The minimum atomic E-state index is -0.0434. The maximum absolute atomic E-state index is 10.4. The molecule has 1 nitrogen and oxygen atoms in total. The first-order chi connectivity index (χ1) is 8.02. The summed E-state index contributed by atoms with van der Waals surface area (Å²) >= 11 is 0. The zero-order valence-electron chi connectivity index (χ0n) is 12.3. The molecule has 102 valence electrons. The molecule has 0 saturated heterocycles. The number of aliphatic hydroxyl groups excluding tert-OH is 1. The first-order valence-corrected chi connectivity index (χ1v) is 7.70. The number of hydrogen-bond acceptors (Lipinski definition) is 1. The fraction of sp³-hybridized carbons (Fsp3) is 1.00. The third kappa shape index (κ3) is 5.42. The first-order valence-electron chi connectivity index (χ1n) is 7.70. The van der Waals surface area contributed by atoms with E-state index in [9.17, 15) is 5.11 Å². The van der Waals surface area contributed by atoms with Gasteiger partial charge in [-0.2, -0.15) is 0 Å². The van der Waals surface area contributed by atoms with Crippen molar-refractivity contribution in [2.75, 3.05) is 0 Å². The van der Waals surface area contributed by atoms with Crippen LogP contribution in [0.15, 0.2) is 0 Å². The number of rotatable bonds is 6. The average Bonchev–Trinajstić information content (AvgIpc) is 2.27. The Morgan fingerprint density at radius 2 is 1.82 bits per heavy atom. The van der Waals surface area contributed by atoms with Crippen LogP contribution in [-0.2, 0) is 0 Å². The van der Waals surface area contributed by atoms with E-state index in [-0.39, 0.29) is 6.10 Å². The molecular formula is C16H32O. The van der Waals surface area contributed by atoms with Gasteiger partial charge in [-0.15, -0.1) is 0 Å². The summed E-state index contributed by atoms with van der Waals surface area (Å²) in [5.74, 6) is 2.89. The molecule has 0 aromatic carbocycles. The van der Waals surface area contributed by atoms with Crippen LogP contribution in [0.1, 0.15) is 72.6 Å². The second-order valence-electron chi connectivity index (χ2n) is 6.74. The highest BCUT2D eigenvalue weighted by molar-refractivity contribution is 4.79. The fourth-order valence-corrected chi connectivity index (χ4v) is 3.56. The van der Waals surface area contributed by atoms with Crippen molar-refractivity contribution in [1.82, 2.24) is 0 Å². The van der Waals surface area contributed by atoms with Gasteiger partial charge >= 0.3 is 0 Å². The molecule has 0 aromatic heterocycles. The Bertz CT molecular complexity index is 200. The van der Waals surface area contributed by atoms with Gasteiger partial charge in [0.15, 0.2) is 0 Å². The second-order valence-corrected chi connectivity index (χ2v) is 6.74. The van der Waals surface area contributed by atoms with Crippen molar-refractivity contribution in [3.63, 3.8) is 0 Å². The van der Waals surface area contributed by atoms with E-state index in [1.54, 1.807) is 0 Å². The lowest BCUT2D eigenvalue weighted by Crippen LogP contribution is -2.28. The molecular weight excluding hydrogens is 208 g/mol. The quantitative estimate of drug-likeness (QED) is 0.717.